The van der Waals surface area contributed by atoms with E-state index in [1.807, 2.05) is 18.2 Å². The topological polar surface area (TPSA) is 51.2 Å². The van der Waals surface area contributed by atoms with Gasteiger partial charge in [0, 0.05) is 19.0 Å². The summed E-state index contributed by atoms with van der Waals surface area (Å²) >= 11 is 0. The SMILES string of the molecule is CC(Cc1ccco1)NCc1cccc(F)c1N. The minimum atomic E-state index is -0.368. The molecule has 4 heteroatoms. The quantitative estimate of drug-likeness (QED) is 0.800. The van der Waals surface area contributed by atoms with Gasteiger partial charge in [0.15, 0.2) is 0 Å². The third kappa shape index (κ3) is 3.11. The first kappa shape index (κ1) is 12.6. The summed E-state index contributed by atoms with van der Waals surface area (Å²) in [5.41, 5.74) is 6.67. The van der Waals surface area contributed by atoms with E-state index in [-0.39, 0.29) is 17.5 Å². The number of para-hydroxylation sites is 1. The van der Waals surface area contributed by atoms with Gasteiger partial charge in [0.25, 0.3) is 0 Å². The Labute approximate surface area is 106 Å². The maximum atomic E-state index is 13.2. The molecular formula is C14H17FN2O. The zero-order valence-corrected chi connectivity index (χ0v) is 10.3. The molecular weight excluding hydrogens is 231 g/mol. The van der Waals surface area contributed by atoms with Crippen molar-refractivity contribution < 1.29 is 8.81 Å². The Morgan fingerprint density at radius 2 is 2.17 bits per heavy atom. The molecule has 2 rings (SSSR count). The highest BCUT2D eigenvalue weighted by molar-refractivity contribution is 5.47. The van der Waals surface area contributed by atoms with Gasteiger partial charge >= 0.3 is 0 Å². The fourth-order valence-corrected chi connectivity index (χ4v) is 1.82. The minimum absolute atomic E-state index is 0.218. The van der Waals surface area contributed by atoms with Crippen LogP contribution >= 0.6 is 0 Å². The molecule has 1 atom stereocenters. The highest BCUT2D eigenvalue weighted by Gasteiger charge is 2.08. The van der Waals surface area contributed by atoms with Gasteiger partial charge in [-0.25, -0.2) is 4.39 Å². The molecule has 0 aliphatic heterocycles. The van der Waals surface area contributed by atoms with Crippen LogP contribution in [0.1, 0.15) is 18.2 Å². The predicted molar refractivity (Wildman–Crippen MR) is 69.5 cm³/mol. The van der Waals surface area contributed by atoms with Crippen LogP contribution in [0.4, 0.5) is 10.1 Å². The van der Waals surface area contributed by atoms with Gasteiger partial charge in [-0.2, -0.15) is 0 Å². The van der Waals surface area contributed by atoms with Crippen LogP contribution in [0.25, 0.3) is 0 Å². The van der Waals surface area contributed by atoms with Crippen LogP contribution < -0.4 is 11.1 Å². The third-order valence-corrected chi connectivity index (χ3v) is 2.87. The Morgan fingerprint density at radius 3 is 2.89 bits per heavy atom. The summed E-state index contributed by atoms with van der Waals surface area (Å²) in [6, 6.07) is 8.90. The summed E-state index contributed by atoms with van der Waals surface area (Å²) in [6.07, 6.45) is 2.45. The number of nitrogen functional groups attached to an aromatic ring is 1. The number of rotatable bonds is 5. The molecule has 0 spiro atoms. The molecule has 18 heavy (non-hydrogen) atoms. The van der Waals surface area contributed by atoms with Crippen molar-refractivity contribution in [3.63, 3.8) is 0 Å². The van der Waals surface area contributed by atoms with E-state index < -0.39 is 0 Å². The van der Waals surface area contributed by atoms with Crippen LogP contribution in [0.5, 0.6) is 0 Å². The lowest BCUT2D eigenvalue weighted by atomic mass is 10.1. The molecule has 2 aromatic rings. The molecule has 3 nitrogen and oxygen atoms in total. The fourth-order valence-electron chi connectivity index (χ4n) is 1.82. The number of benzene rings is 1. The highest BCUT2D eigenvalue weighted by atomic mass is 19.1. The summed E-state index contributed by atoms with van der Waals surface area (Å²) in [6.45, 7) is 2.60. The van der Waals surface area contributed by atoms with Crippen LogP contribution in [0, 0.1) is 5.82 Å². The standard InChI is InChI=1S/C14H17FN2O/c1-10(8-12-5-3-7-18-12)17-9-11-4-2-6-13(15)14(11)16/h2-7,10,17H,8-9,16H2,1H3. The summed E-state index contributed by atoms with van der Waals surface area (Å²) < 4.78 is 18.5. The zero-order valence-electron chi connectivity index (χ0n) is 10.3. The molecule has 96 valence electrons. The normalized spacial score (nSPS) is 12.6. The molecule has 1 unspecified atom stereocenters. The average molecular weight is 248 g/mol. The number of nitrogens with one attached hydrogen (secondary N) is 1. The van der Waals surface area contributed by atoms with Gasteiger partial charge < -0.3 is 15.5 Å². The molecule has 1 aromatic carbocycles. The number of nitrogens with two attached hydrogens (primary N) is 1. The van der Waals surface area contributed by atoms with Gasteiger partial charge in [-0.3, -0.25) is 0 Å². The lowest BCUT2D eigenvalue weighted by Crippen LogP contribution is -2.27. The van der Waals surface area contributed by atoms with Crippen molar-refractivity contribution in [2.24, 2.45) is 0 Å². The largest absolute Gasteiger partial charge is 0.469 e. The Balaban J connectivity index is 1.89. The van der Waals surface area contributed by atoms with Crippen molar-refractivity contribution in [2.45, 2.75) is 25.9 Å². The van der Waals surface area contributed by atoms with E-state index in [0.29, 0.717) is 6.54 Å². The molecule has 0 aliphatic carbocycles. The number of hydrogen-bond acceptors (Lipinski definition) is 3. The van der Waals surface area contributed by atoms with Crippen molar-refractivity contribution in [3.8, 4) is 0 Å². The average Bonchev–Trinajstić information content (AvgIpc) is 2.84. The molecule has 0 aliphatic rings. The smallest absolute Gasteiger partial charge is 0.146 e. The lowest BCUT2D eigenvalue weighted by molar-refractivity contribution is 0.456. The van der Waals surface area contributed by atoms with Crippen LogP contribution in [0.3, 0.4) is 0 Å². The van der Waals surface area contributed by atoms with Gasteiger partial charge in [-0.15, -0.1) is 0 Å². The summed E-state index contributed by atoms with van der Waals surface area (Å²) in [5, 5.41) is 3.30. The van der Waals surface area contributed by atoms with E-state index in [0.717, 1.165) is 17.7 Å². The van der Waals surface area contributed by atoms with E-state index in [9.17, 15) is 4.39 Å². The second-order valence-corrected chi connectivity index (χ2v) is 4.38. The van der Waals surface area contributed by atoms with Crippen molar-refractivity contribution in [3.05, 3.63) is 53.7 Å². The van der Waals surface area contributed by atoms with Crippen LogP contribution in [-0.4, -0.2) is 6.04 Å². The second-order valence-electron chi connectivity index (χ2n) is 4.38. The molecule has 1 heterocycles. The van der Waals surface area contributed by atoms with Gasteiger partial charge in [0.1, 0.15) is 11.6 Å². The Kier molecular flexibility index (Phi) is 3.99. The van der Waals surface area contributed by atoms with Crippen molar-refractivity contribution in [1.82, 2.24) is 5.32 Å². The first-order chi connectivity index (χ1) is 8.66. The van der Waals surface area contributed by atoms with Gasteiger partial charge in [-0.05, 0) is 30.7 Å². The first-order valence-corrected chi connectivity index (χ1v) is 5.95. The van der Waals surface area contributed by atoms with Crippen molar-refractivity contribution >= 4 is 5.69 Å². The number of hydrogen-bond donors (Lipinski definition) is 2. The lowest BCUT2D eigenvalue weighted by Gasteiger charge is -2.13. The molecule has 0 radical (unpaired) electrons. The van der Waals surface area contributed by atoms with Gasteiger partial charge in [-0.1, -0.05) is 12.1 Å². The van der Waals surface area contributed by atoms with Crippen molar-refractivity contribution in [1.29, 1.82) is 0 Å². The molecule has 3 N–H and O–H groups in total. The Hall–Kier alpha value is -1.81. The van der Waals surface area contributed by atoms with E-state index >= 15 is 0 Å². The maximum Gasteiger partial charge on any atom is 0.146 e. The highest BCUT2D eigenvalue weighted by Crippen LogP contribution is 2.15. The van der Waals surface area contributed by atoms with Crippen LogP contribution in [0.15, 0.2) is 41.0 Å². The Bertz CT molecular complexity index is 497. The molecule has 0 amide bonds. The van der Waals surface area contributed by atoms with Gasteiger partial charge in [0.05, 0.1) is 12.0 Å². The van der Waals surface area contributed by atoms with E-state index in [1.165, 1.54) is 6.07 Å². The summed E-state index contributed by atoms with van der Waals surface area (Å²) in [4.78, 5) is 0. The monoisotopic (exact) mass is 248 g/mol. The zero-order chi connectivity index (χ0) is 13.0. The van der Waals surface area contributed by atoms with E-state index in [4.69, 9.17) is 10.2 Å². The second kappa shape index (κ2) is 5.69. The minimum Gasteiger partial charge on any atom is -0.469 e. The third-order valence-electron chi connectivity index (χ3n) is 2.87. The molecule has 1 aromatic heterocycles. The predicted octanol–water partition coefficient (Wildman–Crippen LogP) is 2.72. The number of anilines is 1. The molecule has 0 fully saturated rings. The van der Waals surface area contributed by atoms with Crippen LogP contribution in [-0.2, 0) is 13.0 Å². The fraction of sp³-hybridized carbons (Fsp3) is 0.286. The van der Waals surface area contributed by atoms with Crippen LogP contribution in [0.2, 0.25) is 0 Å². The molecule has 0 bridgehead atoms. The summed E-state index contributed by atoms with van der Waals surface area (Å²) in [7, 11) is 0. The van der Waals surface area contributed by atoms with Crippen molar-refractivity contribution in [2.75, 3.05) is 5.73 Å². The number of furan rings is 1. The maximum absolute atomic E-state index is 13.2. The van der Waals surface area contributed by atoms with E-state index in [1.54, 1.807) is 12.3 Å². The van der Waals surface area contributed by atoms with Gasteiger partial charge in [0.2, 0.25) is 0 Å². The molecule has 0 saturated heterocycles. The number of halogens is 1. The first-order valence-electron chi connectivity index (χ1n) is 5.95. The molecule has 0 saturated carbocycles. The van der Waals surface area contributed by atoms with E-state index in [2.05, 4.69) is 12.2 Å². The summed E-state index contributed by atoms with van der Waals surface area (Å²) in [5.74, 6) is 0.565. The Morgan fingerprint density at radius 1 is 1.33 bits per heavy atom.